The zero-order valence-corrected chi connectivity index (χ0v) is 12.3. The van der Waals surface area contributed by atoms with E-state index in [0.717, 1.165) is 11.3 Å². The molecule has 4 heteroatoms. The Bertz CT molecular complexity index is 591. The van der Waals surface area contributed by atoms with E-state index in [0.29, 0.717) is 11.0 Å². The Kier molecular flexibility index (Phi) is 3.76. The lowest BCUT2D eigenvalue weighted by Gasteiger charge is -2.20. The number of halogens is 1. The standard InChI is InChI=1S/C15H17ClN2O/c1-10-7-11(15(2,3)4)5-6-12(10)19-14-8-13(16)17-9-18-14/h5-9H,1-4H3. The Morgan fingerprint density at radius 2 is 1.84 bits per heavy atom. The average molecular weight is 277 g/mol. The fourth-order valence-corrected chi connectivity index (χ4v) is 1.85. The maximum atomic E-state index is 5.80. The molecule has 0 radical (unpaired) electrons. The van der Waals surface area contributed by atoms with Gasteiger partial charge in [0.1, 0.15) is 17.2 Å². The van der Waals surface area contributed by atoms with E-state index in [-0.39, 0.29) is 5.41 Å². The lowest BCUT2D eigenvalue weighted by Crippen LogP contribution is -2.11. The summed E-state index contributed by atoms with van der Waals surface area (Å²) in [7, 11) is 0. The maximum absolute atomic E-state index is 5.80. The molecule has 0 amide bonds. The first-order valence-corrected chi connectivity index (χ1v) is 6.50. The van der Waals surface area contributed by atoms with Crippen LogP contribution < -0.4 is 4.74 Å². The number of hydrogen-bond acceptors (Lipinski definition) is 3. The van der Waals surface area contributed by atoms with E-state index in [4.69, 9.17) is 16.3 Å². The van der Waals surface area contributed by atoms with Gasteiger partial charge in [-0.2, -0.15) is 0 Å². The average Bonchev–Trinajstić information content (AvgIpc) is 2.30. The molecule has 0 N–H and O–H groups in total. The highest BCUT2D eigenvalue weighted by Gasteiger charge is 2.15. The number of nitrogens with zero attached hydrogens (tertiary/aromatic N) is 2. The van der Waals surface area contributed by atoms with E-state index in [1.807, 2.05) is 13.0 Å². The highest BCUT2D eigenvalue weighted by Crippen LogP contribution is 2.29. The summed E-state index contributed by atoms with van der Waals surface area (Å²) < 4.78 is 5.72. The van der Waals surface area contributed by atoms with Crippen LogP contribution in [0.25, 0.3) is 0 Å². The second-order valence-electron chi connectivity index (χ2n) is 5.51. The molecule has 0 aliphatic carbocycles. The summed E-state index contributed by atoms with van der Waals surface area (Å²) in [6.07, 6.45) is 1.39. The van der Waals surface area contributed by atoms with Crippen molar-refractivity contribution in [2.45, 2.75) is 33.1 Å². The van der Waals surface area contributed by atoms with Crippen molar-refractivity contribution < 1.29 is 4.74 Å². The molecule has 100 valence electrons. The molecule has 0 bridgehead atoms. The molecule has 0 saturated heterocycles. The number of benzene rings is 1. The topological polar surface area (TPSA) is 35.0 Å². The van der Waals surface area contributed by atoms with Crippen molar-refractivity contribution in [3.8, 4) is 11.6 Å². The van der Waals surface area contributed by atoms with Crippen LogP contribution in [-0.2, 0) is 5.41 Å². The molecule has 0 aliphatic heterocycles. The van der Waals surface area contributed by atoms with Gasteiger partial charge in [-0.15, -0.1) is 0 Å². The number of rotatable bonds is 2. The fraction of sp³-hybridized carbons (Fsp3) is 0.333. The van der Waals surface area contributed by atoms with Gasteiger partial charge in [-0.1, -0.05) is 44.5 Å². The SMILES string of the molecule is Cc1cc(C(C)(C)C)ccc1Oc1cc(Cl)ncn1. The lowest BCUT2D eigenvalue weighted by molar-refractivity contribution is 0.457. The van der Waals surface area contributed by atoms with Crippen LogP contribution in [-0.4, -0.2) is 9.97 Å². The number of aromatic nitrogens is 2. The number of hydrogen-bond donors (Lipinski definition) is 0. The van der Waals surface area contributed by atoms with Crippen molar-refractivity contribution >= 4 is 11.6 Å². The molecule has 1 heterocycles. The summed E-state index contributed by atoms with van der Waals surface area (Å²) in [5.74, 6) is 1.23. The smallest absolute Gasteiger partial charge is 0.223 e. The minimum Gasteiger partial charge on any atom is -0.439 e. The van der Waals surface area contributed by atoms with Crippen molar-refractivity contribution in [3.63, 3.8) is 0 Å². The molecule has 0 spiro atoms. The third-order valence-electron chi connectivity index (χ3n) is 2.86. The molecular weight excluding hydrogens is 260 g/mol. The minimum absolute atomic E-state index is 0.127. The first-order valence-electron chi connectivity index (χ1n) is 6.13. The van der Waals surface area contributed by atoms with E-state index in [2.05, 4.69) is 42.9 Å². The van der Waals surface area contributed by atoms with Crippen LogP contribution in [0.5, 0.6) is 11.6 Å². The molecule has 0 aliphatic rings. The second-order valence-corrected chi connectivity index (χ2v) is 5.90. The Morgan fingerprint density at radius 1 is 1.11 bits per heavy atom. The Morgan fingerprint density at radius 3 is 2.42 bits per heavy atom. The van der Waals surface area contributed by atoms with Crippen LogP contribution >= 0.6 is 11.6 Å². The molecule has 2 rings (SSSR count). The first kappa shape index (κ1) is 13.8. The van der Waals surface area contributed by atoms with Gasteiger partial charge < -0.3 is 4.74 Å². The predicted molar refractivity (Wildman–Crippen MR) is 77.0 cm³/mol. The quantitative estimate of drug-likeness (QED) is 0.756. The molecule has 0 unspecified atom stereocenters. The van der Waals surface area contributed by atoms with Gasteiger partial charge in [-0.3, -0.25) is 0 Å². The first-order chi connectivity index (χ1) is 8.86. The summed E-state index contributed by atoms with van der Waals surface area (Å²) in [5.41, 5.74) is 2.47. The van der Waals surface area contributed by atoms with Gasteiger partial charge in [0.2, 0.25) is 5.88 Å². The van der Waals surface area contributed by atoms with Gasteiger partial charge in [0.15, 0.2) is 0 Å². The van der Waals surface area contributed by atoms with E-state index in [9.17, 15) is 0 Å². The Labute approximate surface area is 118 Å². The molecule has 3 nitrogen and oxygen atoms in total. The molecule has 1 aromatic heterocycles. The molecule has 2 aromatic rings. The molecule has 1 aromatic carbocycles. The molecular formula is C15H17ClN2O. The fourth-order valence-electron chi connectivity index (χ4n) is 1.72. The maximum Gasteiger partial charge on any atom is 0.223 e. The van der Waals surface area contributed by atoms with E-state index in [1.165, 1.54) is 11.9 Å². The molecule has 0 saturated carbocycles. The van der Waals surface area contributed by atoms with Crippen LogP contribution in [0.1, 0.15) is 31.9 Å². The number of ether oxygens (including phenoxy) is 1. The zero-order valence-electron chi connectivity index (χ0n) is 11.6. The summed E-state index contributed by atoms with van der Waals surface area (Å²) in [6.45, 7) is 8.58. The van der Waals surface area contributed by atoms with Gasteiger partial charge in [-0.25, -0.2) is 9.97 Å². The van der Waals surface area contributed by atoms with E-state index < -0.39 is 0 Å². The monoisotopic (exact) mass is 276 g/mol. The van der Waals surface area contributed by atoms with Crippen LogP contribution in [0.3, 0.4) is 0 Å². The normalized spacial score (nSPS) is 11.4. The van der Waals surface area contributed by atoms with Gasteiger partial charge in [0, 0.05) is 6.07 Å². The van der Waals surface area contributed by atoms with Crippen molar-refractivity contribution in [2.75, 3.05) is 0 Å². The van der Waals surface area contributed by atoms with Crippen molar-refractivity contribution in [1.82, 2.24) is 9.97 Å². The van der Waals surface area contributed by atoms with Gasteiger partial charge in [-0.05, 0) is 29.5 Å². The summed E-state index contributed by atoms with van der Waals surface area (Å²) in [6, 6.07) is 7.77. The highest BCUT2D eigenvalue weighted by atomic mass is 35.5. The van der Waals surface area contributed by atoms with Crippen molar-refractivity contribution in [2.24, 2.45) is 0 Å². The van der Waals surface area contributed by atoms with E-state index >= 15 is 0 Å². The minimum atomic E-state index is 0.127. The van der Waals surface area contributed by atoms with Gasteiger partial charge in [0.05, 0.1) is 0 Å². The largest absolute Gasteiger partial charge is 0.439 e. The van der Waals surface area contributed by atoms with Gasteiger partial charge >= 0.3 is 0 Å². The second kappa shape index (κ2) is 5.17. The third kappa shape index (κ3) is 3.44. The lowest BCUT2D eigenvalue weighted by atomic mass is 9.86. The van der Waals surface area contributed by atoms with Crippen molar-refractivity contribution in [1.29, 1.82) is 0 Å². The summed E-state index contributed by atoms with van der Waals surface area (Å²) >= 11 is 5.80. The van der Waals surface area contributed by atoms with Crippen LogP contribution in [0, 0.1) is 6.92 Å². The molecule has 0 fully saturated rings. The zero-order chi connectivity index (χ0) is 14.0. The van der Waals surface area contributed by atoms with Crippen LogP contribution in [0.2, 0.25) is 5.15 Å². The Hall–Kier alpha value is -1.61. The summed E-state index contributed by atoms with van der Waals surface area (Å²) in [5, 5.41) is 0.369. The Balaban J connectivity index is 2.27. The van der Waals surface area contributed by atoms with Crippen LogP contribution in [0.15, 0.2) is 30.6 Å². The highest BCUT2D eigenvalue weighted by molar-refractivity contribution is 6.29. The predicted octanol–water partition coefficient (Wildman–Crippen LogP) is 4.53. The number of aryl methyl sites for hydroxylation is 1. The molecule has 19 heavy (non-hydrogen) atoms. The van der Waals surface area contributed by atoms with Crippen molar-refractivity contribution in [3.05, 3.63) is 46.9 Å². The molecule has 0 atom stereocenters. The summed E-state index contributed by atoms with van der Waals surface area (Å²) in [4.78, 5) is 7.85. The van der Waals surface area contributed by atoms with Gasteiger partial charge in [0.25, 0.3) is 0 Å². The van der Waals surface area contributed by atoms with Crippen LogP contribution in [0.4, 0.5) is 0 Å². The third-order valence-corrected chi connectivity index (χ3v) is 3.07. The van der Waals surface area contributed by atoms with E-state index in [1.54, 1.807) is 6.07 Å².